The minimum atomic E-state index is 0.333. The zero-order valence-corrected chi connectivity index (χ0v) is 10.2. The summed E-state index contributed by atoms with van der Waals surface area (Å²) in [6, 6.07) is 8.92. The number of rotatable bonds is 4. The molecule has 0 saturated heterocycles. The van der Waals surface area contributed by atoms with Gasteiger partial charge in [-0.05, 0) is 52.6 Å². The third-order valence-corrected chi connectivity index (χ3v) is 3.46. The van der Waals surface area contributed by atoms with Gasteiger partial charge in [0.1, 0.15) is 0 Å². The molecule has 1 aromatic carbocycles. The molecule has 1 aliphatic rings. The Hall–Kier alpha value is -0.130. The van der Waals surface area contributed by atoms with Gasteiger partial charge in [-0.2, -0.15) is 0 Å². The lowest BCUT2D eigenvalue weighted by atomic mass is 10.0. The molecule has 0 heterocycles. The molecule has 1 aliphatic carbocycles. The van der Waals surface area contributed by atoms with Crippen molar-refractivity contribution in [1.29, 1.82) is 0 Å². The molecule has 1 aromatic rings. The second-order valence-electron chi connectivity index (χ2n) is 3.95. The van der Waals surface area contributed by atoms with Crippen LogP contribution in [-0.4, -0.2) is 0 Å². The lowest BCUT2D eigenvalue weighted by Gasteiger charge is -2.15. The smallest absolute Gasteiger partial charge is 0.0462 e. The molecule has 0 bridgehead atoms. The quantitative estimate of drug-likeness (QED) is 0.510. The fourth-order valence-electron chi connectivity index (χ4n) is 1.68. The van der Waals surface area contributed by atoms with Gasteiger partial charge in [0.2, 0.25) is 0 Å². The zero-order valence-electron chi connectivity index (χ0n) is 8.04. The highest BCUT2D eigenvalue weighted by molar-refractivity contribution is 14.1. The number of hydrogen-bond acceptors (Lipinski definition) is 2. The molecule has 1 saturated carbocycles. The summed E-state index contributed by atoms with van der Waals surface area (Å²) in [5, 5.41) is 0. The summed E-state index contributed by atoms with van der Waals surface area (Å²) < 4.78 is 1.27. The summed E-state index contributed by atoms with van der Waals surface area (Å²) in [4.78, 5) is 0. The second kappa shape index (κ2) is 4.59. The Morgan fingerprint density at radius 3 is 2.50 bits per heavy atom. The van der Waals surface area contributed by atoms with Gasteiger partial charge in [-0.15, -0.1) is 0 Å². The summed E-state index contributed by atoms with van der Waals surface area (Å²) in [6.45, 7) is 0. The van der Waals surface area contributed by atoms with Gasteiger partial charge in [0.05, 0.1) is 0 Å². The molecule has 76 valence electrons. The van der Waals surface area contributed by atoms with E-state index >= 15 is 0 Å². The summed E-state index contributed by atoms with van der Waals surface area (Å²) in [5.41, 5.74) is 4.21. The van der Waals surface area contributed by atoms with Gasteiger partial charge in [-0.1, -0.05) is 25.0 Å². The van der Waals surface area contributed by atoms with Crippen molar-refractivity contribution in [1.82, 2.24) is 5.43 Å². The maximum Gasteiger partial charge on any atom is 0.0462 e. The fraction of sp³-hybridized carbons (Fsp3) is 0.455. The molecule has 3 heteroatoms. The van der Waals surface area contributed by atoms with E-state index in [0.29, 0.717) is 6.04 Å². The maximum atomic E-state index is 5.57. The van der Waals surface area contributed by atoms with Crippen molar-refractivity contribution in [2.45, 2.75) is 25.3 Å². The topological polar surface area (TPSA) is 38.0 Å². The Balaban J connectivity index is 2.05. The normalized spacial score (nSPS) is 18.1. The molecule has 0 spiro atoms. The maximum absolute atomic E-state index is 5.57. The van der Waals surface area contributed by atoms with Gasteiger partial charge < -0.3 is 0 Å². The number of benzene rings is 1. The minimum Gasteiger partial charge on any atom is -0.271 e. The van der Waals surface area contributed by atoms with E-state index in [1.807, 2.05) is 0 Å². The van der Waals surface area contributed by atoms with E-state index in [4.69, 9.17) is 5.84 Å². The average Bonchev–Trinajstić information content (AvgIpc) is 3.00. The number of nitrogens with two attached hydrogens (primary N) is 1. The molecular weight excluding hydrogens is 287 g/mol. The van der Waals surface area contributed by atoms with Crippen LogP contribution in [0.1, 0.15) is 30.9 Å². The predicted molar refractivity (Wildman–Crippen MR) is 66.6 cm³/mol. The first-order chi connectivity index (χ1) is 6.79. The van der Waals surface area contributed by atoms with E-state index in [1.165, 1.54) is 28.4 Å². The van der Waals surface area contributed by atoms with Crippen LogP contribution in [0.15, 0.2) is 24.3 Å². The van der Waals surface area contributed by atoms with Crippen LogP contribution in [0.4, 0.5) is 0 Å². The Bertz CT molecular complexity index is 293. The summed E-state index contributed by atoms with van der Waals surface area (Å²) in [6.07, 6.45) is 3.93. The number of hydrogen-bond donors (Lipinski definition) is 2. The van der Waals surface area contributed by atoms with E-state index in [1.54, 1.807) is 0 Å². The lowest BCUT2D eigenvalue weighted by molar-refractivity contribution is 0.487. The van der Waals surface area contributed by atoms with Gasteiger partial charge in [0.25, 0.3) is 0 Å². The van der Waals surface area contributed by atoms with E-state index in [9.17, 15) is 0 Å². The third-order valence-electron chi connectivity index (χ3n) is 2.74. The molecular formula is C11H15IN2. The van der Waals surface area contributed by atoms with Crippen LogP contribution in [0, 0.1) is 9.49 Å². The largest absolute Gasteiger partial charge is 0.271 e. The van der Waals surface area contributed by atoms with Crippen LogP contribution in [0.3, 0.4) is 0 Å². The monoisotopic (exact) mass is 302 g/mol. The molecule has 14 heavy (non-hydrogen) atoms. The van der Waals surface area contributed by atoms with Crippen LogP contribution in [0.5, 0.6) is 0 Å². The van der Waals surface area contributed by atoms with Gasteiger partial charge in [-0.3, -0.25) is 11.3 Å². The first kappa shape index (κ1) is 10.4. The van der Waals surface area contributed by atoms with Gasteiger partial charge >= 0.3 is 0 Å². The molecule has 3 N–H and O–H groups in total. The van der Waals surface area contributed by atoms with Gasteiger partial charge in [0.15, 0.2) is 0 Å². The number of hydrazine groups is 1. The molecule has 2 nitrogen and oxygen atoms in total. The van der Waals surface area contributed by atoms with E-state index in [-0.39, 0.29) is 0 Å². The Kier molecular flexibility index (Phi) is 3.41. The van der Waals surface area contributed by atoms with Crippen molar-refractivity contribution in [2.75, 3.05) is 0 Å². The minimum absolute atomic E-state index is 0.333. The Morgan fingerprint density at radius 1 is 1.36 bits per heavy atom. The third kappa shape index (κ3) is 2.68. The lowest BCUT2D eigenvalue weighted by Crippen LogP contribution is -2.28. The molecule has 1 fully saturated rings. The highest BCUT2D eigenvalue weighted by Crippen LogP contribution is 2.37. The molecule has 0 aromatic heterocycles. The van der Waals surface area contributed by atoms with Crippen LogP contribution in [0.25, 0.3) is 0 Å². The molecule has 2 rings (SSSR count). The van der Waals surface area contributed by atoms with Crippen molar-refractivity contribution >= 4 is 22.6 Å². The van der Waals surface area contributed by atoms with Crippen LogP contribution in [0.2, 0.25) is 0 Å². The van der Waals surface area contributed by atoms with Crippen molar-refractivity contribution in [3.63, 3.8) is 0 Å². The van der Waals surface area contributed by atoms with Crippen molar-refractivity contribution in [2.24, 2.45) is 11.8 Å². The Labute approximate surface area is 98.4 Å². The summed E-state index contributed by atoms with van der Waals surface area (Å²) in [5.74, 6) is 6.47. The first-order valence-corrected chi connectivity index (χ1v) is 6.09. The summed E-state index contributed by atoms with van der Waals surface area (Å²) >= 11 is 2.32. The number of halogens is 1. The van der Waals surface area contributed by atoms with Crippen LogP contribution < -0.4 is 11.3 Å². The fourth-order valence-corrected chi connectivity index (χ4v) is 2.04. The number of nitrogens with one attached hydrogen (secondary N) is 1. The first-order valence-electron chi connectivity index (χ1n) is 5.01. The molecule has 0 aliphatic heterocycles. The van der Waals surface area contributed by atoms with Crippen LogP contribution in [-0.2, 0) is 0 Å². The SMILES string of the molecule is NNC(CC1CC1)c1ccc(I)cc1. The van der Waals surface area contributed by atoms with Gasteiger partial charge in [-0.25, -0.2) is 0 Å². The van der Waals surface area contributed by atoms with E-state index in [0.717, 1.165) is 5.92 Å². The standard InChI is InChI=1S/C11H15IN2/c12-10-5-3-9(4-6-10)11(14-13)7-8-1-2-8/h3-6,8,11,14H,1-2,7,13H2. The molecule has 1 unspecified atom stereocenters. The zero-order chi connectivity index (χ0) is 9.97. The highest BCUT2D eigenvalue weighted by atomic mass is 127. The predicted octanol–water partition coefficient (Wildman–Crippen LogP) is 2.60. The van der Waals surface area contributed by atoms with Crippen LogP contribution >= 0.6 is 22.6 Å². The van der Waals surface area contributed by atoms with E-state index in [2.05, 4.69) is 52.3 Å². The average molecular weight is 302 g/mol. The van der Waals surface area contributed by atoms with E-state index < -0.39 is 0 Å². The molecule has 1 atom stereocenters. The van der Waals surface area contributed by atoms with Crippen molar-refractivity contribution < 1.29 is 0 Å². The summed E-state index contributed by atoms with van der Waals surface area (Å²) in [7, 11) is 0. The molecule has 0 radical (unpaired) electrons. The van der Waals surface area contributed by atoms with Crippen molar-refractivity contribution in [3.05, 3.63) is 33.4 Å². The van der Waals surface area contributed by atoms with Crippen molar-refractivity contribution in [3.8, 4) is 0 Å². The van der Waals surface area contributed by atoms with Gasteiger partial charge in [0, 0.05) is 9.61 Å². The second-order valence-corrected chi connectivity index (χ2v) is 5.20. The highest BCUT2D eigenvalue weighted by Gasteiger charge is 2.25. The Morgan fingerprint density at radius 2 is 2.00 bits per heavy atom. The molecule has 0 amide bonds.